The van der Waals surface area contributed by atoms with E-state index in [1.54, 1.807) is 44.4 Å². The molecule has 4 amide bonds. The molecule has 2 fully saturated rings. The number of ether oxygens (including phenoxy) is 2. The molecule has 3 N–H and O–H groups in total. The van der Waals surface area contributed by atoms with Gasteiger partial charge in [-0.05, 0) is 76.1 Å². The molecular formula is C33H42N5O8S. The van der Waals surface area contributed by atoms with Gasteiger partial charge in [0.25, 0.3) is 18.1 Å². The molecule has 1 radical (unpaired) electrons. The molecule has 14 heteroatoms. The van der Waals surface area contributed by atoms with E-state index < -0.39 is 41.0 Å². The fraction of sp³-hybridized carbons (Fsp3) is 0.545. The number of urea groups is 1. The Labute approximate surface area is 278 Å². The van der Waals surface area contributed by atoms with Crippen molar-refractivity contribution in [2.45, 2.75) is 89.9 Å². The van der Waals surface area contributed by atoms with E-state index >= 15 is 0 Å². The third kappa shape index (κ3) is 9.28. The Kier molecular flexibility index (Phi) is 10.5. The average molecular weight is 669 g/mol. The number of amides is 4. The number of benzene rings is 1. The second kappa shape index (κ2) is 14.4. The normalized spacial score (nSPS) is 18.6. The monoisotopic (exact) mass is 668 g/mol. The van der Waals surface area contributed by atoms with Crippen LogP contribution in [0.4, 0.5) is 4.79 Å². The molecular weight excluding hydrogens is 626 g/mol. The Morgan fingerprint density at radius 3 is 2.49 bits per heavy atom. The van der Waals surface area contributed by atoms with Crippen LogP contribution in [-0.4, -0.2) is 76.2 Å². The first kappa shape index (κ1) is 34.3. The molecule has 1 unspecified atom stereocenters. The number of nitrogens with one attached hydrogen (secondary N) is 3. The summed E-state index contributed by atoms with van der Waals surface area (Å²) in [5.41, 5.74) is 4.33. The molecule has 3 aliphatic rings. The maximum atomic E-state index is 13.3. The van der Waals surface area contributed by atoms with Gasteiger partial charge in [0, 0.05) is 23.4 Å². The molecule has 0 spiro atoms. The summed E-state index contributed by atoms with van der Waals surface area (Å²) in [6, 6.07) is 5.10. The highest BCUT2D eigenvalue weighted by atomic mass is 32.2. The highest BCUT2D eigenvalue weighted by Crippen LogP contribution is 2.39. The summed E-state index contributed by atoms with van der Waals surface area (Å²) in [5, 5.41) is 4.91. The van der Waals surface area contributed by atoms with Crippen molar-refractivity contribution < 1.29 is 37.9 Å². The van der Waals surface area contributed by atoms with Gasteiger partial charge in [-0.25, -0.2) is 15.0 Å². The van der Waals surface area contributed by atoms with Gasteiger partial charge < -0.3 is 19.2 Å². The van der Waals surface area contributed by atoms with Gasteiger partial charge in [0.1, 0.15) is 34.2 Å². The zero-order chi connectivity index (χ0) is 33.9. The number of carbonyl (C=O) groups is 4. The summed E-state index contributed by atoms with van der Waals surface area (Å²) in [4.78, 5) is 67.1. The summed E-state index contributed by atoms with van der Waals surface area (Å²) in [6.45, 7) is 9.97. The summed E-state index contributed by atoms with van der Waals surface area (Å²) < 4.78 is 16.5. The Morgan fingerprint density at radius 2 is 1.85 bits per heavy atom. The Balaban J connectivity index is 1.20. The highest BCUT2D eigenvalue weighted by molar-refractivity contribution is 8.02. The van der Waals surface area contributed by atoms with Crippen LogP contribution < -0.4 is 20.9 Å². The van der Waals surface area contributed by atoms with Crippen molar-refractivity contribution in [1.29, 1.82) is 0 Å². The molecule has 1 aliphatic heterocycles. The summed E-state index contributed by atoms with van der Waals surface area (Å²) in [6.07, 6.45) is 6.13. The van der Waals surface area contributed by atoms with Gasteiger partial charge in [-0.2, -0.15) is 0 Å². The molecule has 1 aromatic heterocycles. The molecule has 0 bridgehead atoms. The first-order valence-corrected chi connectivity index (χ1v) is 16.8. The zero-order valence-electron chi connectivity index (χ0n) is 27.3. The summed E-state index contributed by atoms with van der Waals surface area (Å²) in [5.74, 6) is -0.711. The lowest BCUT2D eigenvalue weighted by atomic mass is 10.1. The molecule has 2 aromatic rings. The van der Waals surface area contributed by atoms with Crippen LogP contribution in [0, 0.1) is 11.8 Å². The Bertz CT molecular complexity index is 1540. The number of rotatable bonds is 13. The summed E-state index contributed by atoms with van der Waals surface area (Å²) >= 11 is 1.36. The fourth-order valence-electron chi connectivity index (χ4n) is 5.27. The third-order valence-electron chi connectivity index (χ3n) is 7.65. The first-order valence-electron chi connectivity index (χ1n) is 15.9. The maximum Gasteiger partial charge on any atom is 0.344 e. The molecule has 5 rings (SSSR count). The predicted octanol–water partition coefficient (Wildman–Crippen LogP) is 4.20. The van der Waals surface area contributed by atoms with Crippen LogP contribution in [0.15, 0.2) is 39.8 Å². The van der Waals surface area contributed by atoms with Gasteiger partial charge >= 0.3 is 12.0 Å². The number of fused-ring (bicyclic) bond motifs is 1. The molecule has 1 aromatic carbocycles. The number of furan rings is 1. The molecule has 2 saturated carbocycles. The van der Waals surface area contributed by atoms with Gasteiger partial charge in [-0.15, -0.1) is 0 Å². The van der Waals surface area contributed by atoms with E-state index in [-0.39, 0.29) is 24.0 Å². The molecule has 0 saturated heterocycles. The van der Waals surface area contributed by atoms with E-state index in [1.807, 2.05) is 6.29 Å². The smallest absolute Gasteiger partial charge is 0.344 e. The second-order valence-electron chi connectivity index (χ2n) is 13.6. The van der Waals surface area contributed by atoms with Crippen LogP contribution in [0.3, 0.4) is 0 Å². The number of hydrogen-bond acceptors (Lipinski definition) is 10. The van der Waals surface area contributed by atoms with E-state index in [4.69, 9.17) is 13.9 Å². The van der Waals surface area contributed by atoms with Crippen LogP contribution in [-0.2, 0) is 19.1 Å². The van der Waals surface area contributed by atoms with Crippen LogP contribution >= 0.6 is 11.8 Å². The van der Waals surface area contributed by atoms with Gasteiger partial charge in [0.2, 0.25) is 0 Å². The Hall–Kier alpha value is -4.04. The lowest BCUT2D eigenvalue weighted by molar-refractivity contribution is -0.157. The van der Waals surface area contributed by atoms with Crippen LogP contribution in [0.2, 0.25) is 0 Å². The largest absolute Gasteiger partial charge is 0.482 e. The molecule has 2 heterocycles. The minimum absolute atomic E-state index is 0.0134. The lowest BCUT2D eigenvalue weighted by Gasteiger charge is -2.36. The van der Waals surface area contributed by atoms with Gasteiger partial charge in [-0.1, -0.05) is 38.5 Å². The van der Waals surface area contributed by atoms with Gasteiger partial charge in [-0.3, -0.25) is 29.6 Å². The van der Waals surface area contributed by atoms with E-state index in [2.05, 4.69) is 34.9 Å². The number of allylic oxidation sites excluding steroid dienone is 1. The van der Waals surface area contributed by atoms with E-state index in [0.29, 0.717) is 35.1 Å². The molecule has 253 valence electrons. The van der Waals surface area contributed by atoms with Crippen molar-refractivity contribution >= 4 is 52.8 Å². The molecule has 2 aliphatic carbocycles. The minimum atomic E-state index is -0.948. The van der Waals surface area contributed by atoms with Crippen molar-refractivity contribution in [3.05, 3.63) is 41.1 Å². The standard InChI is InChI=1S/C33H42N5O8S/c1-19(2)15-37(22-8-9-22)32-38(23(16-39)18-47-32)31(43)36-35-29(41)25(12-20-6-7-20)34-30(42)27-14-21-13-24(10-11-26(21)45-27)44-17-28(40)46-33(3,4)5/h10-11,13-14,18-20,22,25,32H,6-9,12,15,17H2,1-5H3,(H,34,42)(H,35,41)(H,36,43)/t25-,32?/m0/s1. The molecule has 13 nitrogen and oxygen atoms in total. The lowest BCUT2D eigenvalue weighted by Crippen LogP contribution is -2.57. The average Bonchev–Trinajstić information content (AvgIpc) is 3.93. The van der Waals surface area contributed by atoms with Crippen molar-refractivity contribution in [1.82, 2.24) is 26.0 Å². The van der Waals surface area contributed by atoms with E-state index in [9.17, 15) is 24.0 Å². The third-order valence-corrected chi connectivity index (χ3v) is 8.73. The maximum absolute atomic E-state index is 13.3. The summed E-state index contributed by atoms with van der Waals surface area (Å²) in [7, 11) is 0. The molecule has 2 atom stereocenters. The SMILES string of the molecule is CC(C)CN(C1CC1)C1SC=C([C]=O)N1C(=O)NNC(=O)[C@H](CC1CC1)NC(=O)c1cc2cc(OCC(=O)OC(C)(C)C)ccc2o1. The van der Waals surface area contributed by atoms with Crippen LogP contribution in [0.25, 0.3) is 11.0 Å². The van der Waals surface area contributed by atoms with Crippen molar-refractivity contribution in [3.8, 4) is 5.75 Å². The number of hydrogen-bond donors (Lipinski definition) is 3. The Morgan fingerprint density at radius 1 is 1.11 bits per heavy atom. The highest BCUT2D eigenvalue weighted by Gasteiger charge is 2.43. The first-order chi connectivity index (χ1) is 22.3. The van der Waals surface area contributed by atoms with Crippen LogP contribution in [0.5, 0.6) is 5.75 Å². The minimum Gasteiger partial charge on any atom is -0.482 e. The predicted molar refractivity (Wildman–Crippen MR) is 174 cm³/mol. The quantitative estimate of drug-likeness (QED) is 0.209. The number of hydrazine groups is 1. The van der Waals surface area contributed by atoms with Crippen LogP contribution in [0.1, 0.15) is 77.3 Å². The van der Waals surface area contributed by atoms with E-state index in [1.165, 1.54) is 22.7 Å². The van der Waals surface area contributed by atoms with Gasteiger partial charge in [0.05, 0.1) is 0 Å². The number of esters is 1. The zero-order valence-corrected chi connectivity index (χ0v) is 28.1. The fourth-order valence-corrected chi connectivity index (χ4v) is 6.42. The number of carbonyl (C=O) groups excluding carboxylic acids is 5. The van der Waals surface area contributed by atoms with Crippen molar-refractivity contribution in [2.75, 3.05) is 13.2 Å². The van der Waals surface area contributed by atoms with Crippen molar-refractivity contribution in [2.24, 2.45) is 11.8 Å². The molecule has 47 heavy (non-hydrogen) atoms. The van der Waals surface area contributed by atoms with Crippen molar-refractivity contribution in [3.63, 3.8) is 0 Å². The van der Waals surface area contributed by atoms with Gasteiger partial charge in [0.15, 0.2) is 12.4 Å². The van der Waals surface area contributed by atoms with E-state index in [0.717, 1.165) is 32.2 Å². The number of thioether (sulfide) groups is 1. The number of nitrogens with zero attached hydrogens (tertiary/aromatic N) is 2. The topological polar surface area (TPSA) is 160 Å². The second-order valence-corrected chi connectivity index (χ2v) is 14.5.